The van der Waals surface area contributed by atoms with Gasteiger partial charge in [0.15, 0.2) is 0 Å². The van der Waals surface area contributed by atoms with Crippen LogP contribution in [0.3, 0.4) is 0 Å². The first-order valence-corrected chi connectivity index (χ1v) is 7.67. The summed E-state index contributed by atoms with van der Waals surface area (Å²) >= 11 is 0. The zero-order valence-electron chi connectivity index (χ0n) is 13.5. The molecule has 2 rings (SSSR count). The van der Waals surface area contributed by atoms with Crippen LogP contribution in [0.5, 0.6) is 0 Å². The van der Waals surface area contributed by atoms with E-state index in [2.05, 4.69) is 10.6 Å². The van der Waals surface area contributed by atoms with Gasteiger partial charge in [-0.1, -0.05) is 6.07 Å². The van der Waals surface area contributed by atoms with Crippen molar-refractivity contribution >= 4 is 29.9 Å². The Labute approximate surface area is 143 Å². The SMILES string of the molecule is CCN(CC)C(=O)c1cccc(NC(=O)C2COCCN2)c1.Cl. The minimum atomic E-state index is -0.351. The number of nitrogens with zero attached hydrogens (tertiary/aromatic N) is 1. The average Bonchev–Trinajstić information content (AvgIpc) is 2.57. The van der Waals surface area contributed by atoms with Crippen LogP contribution >= 0.6 is 12.4 Å². The van der Waals surface area contributed by atoms with Crippen molar-refractivity contribution in [2.45, 2.75) is 19.9 Å². The van der Waals surface area contributed by atoms with Gasteiger partial charge in [0.1, 0.15) is 6.04 Å². The maximum atomic E-state index is 12.3. The van der Waals surface area contributed by atoms with Gasteiger partial charge in [-0.15, -0.1) is 12.4 Å². The fourth-order valence-electron chi connectivity index (χ4n) is 2.39. The van der Waals surface area contributed by atoms with E-state index in [9.17, 15) is 9.59 Å². The summed E-state index contributed by atoms with van der Waals surface area (Å²) in [6.07, 6.45) is 0. The minimum Gasteiger partial charge on any atom is -0.378 e. The van der Waals surface area contributed by atoms with Crippen molar-refractivity contribution in [1.82, 2.24) is 10.2 Å². The largest absolute Gasteiger partial charge is 0.378 e. The molecular weight excluding hydrogens is 318 g/mol. The van der Waals surface area contributed by atoms with Gasteiger partial charge in [-0.05, 0) is 32.0 Å². The number of benzene rings is 1. The van der Waals surface area contributed by atoms with Gasteiger partial charge in [-0.2, -0.15) is 0 Å². The Kier molecular flexibility index (Phi) is 8.02. The van der Waals surface area contributed by atoms with Gasteiger partial charge in [0, 0.05) is 30.9 Å². The number of morpholine rings is 1. The summed E-state index contributed by atoms with van der Waals surface area (Å²) in [4.78, 5) is 26.2. The first-order chi connectivity index (χ1) is 10.7. The molecule has 1 aliphatic rings. The van der Waals surface area contributed by atoms with Gasteiger partial charge < -0.3 is 20.3 Å². The van der Waals surface area contributed by atoms with Crippen LogP contribution in [0.2, 0.25) is 0 Å². The van der Waals surface area contributed by atoms with Crippen molar-refractivity contribution in [3.63, 3.8) is 0 Å². The molecule has 128 valence electrons. The number of halogens is 1. The Morgan fingerprint density at radius 3 is 2.70 bits per heavy atom. The molecule has 1 saturated heterocycles. The number of anilines is 1. The normalized spacial score (nSPS) is 17.0. The van der Waals surface area contributed by atoms with Gasteiger partial charge >= 0.3 is 0 Å². The second kappa shape index (κ2) is 9.50. The van der Waals surface area contributed by atoms with Crippen LogP contribution in [-0.2, 0) is 9.53 Å². The van der Waals surface area contributed by atoms with Crippen molar-refractivity contribution in [3.8, 4) is 0 Å². The third-order valence-corrected chi connectivity index (χ3v) is 3.67. The number of amides is 2. The van der Waals surface area contributed by atoms with Crippen LogP contribution in [0.4, 0.5) is 5.69 Å². The molecule has 2 N–H and O–H groups in total. The summed E-state index contributed by atoms with van der Waals surface area (Å²) in [6, 6.07) is 6.68. The van der Waals surface area contributed by atoms with Crippen LogP contribution in [0.1, 0.15) is 24.2 Å². The third kappa shape index (κ3) is 5.20. The van der Waals surface area contributed by atoms with Gasteiger partial charge in [0.05, 0.1) is 13.2 Å². The predicted molar refractivity (Wildman–Crippen MR) is 92.2 cm³/mol. The van der Waals surface area contributed by atoms with E-state index in [0.717, 1.165) is 0 Å². The van der Waals surface area contributed by atoms with E-state index in [0.29, 0.717) is 44.1 Å². The quantitative estimate of drug-likeness (QED) is 0.852. The molecule has 1 fully saturated rings. The lowest BCUT2D eigenvalue weighted by atomic mass is 10.1. The lowest BCUT2D eigenvalue weighted by Gasteiger charge is -2.23. The first-order valence-electron chi connectivity index (χ1n) is 7.67. The zero-order valence-corrected chi connectivity index (χ0v) is 14.3. The maximum Gasteiger partial charge on any atom is 0.253 e. The fraction of sp³-hybridized carbons (Fsp3) is 0.500. The topological polar surface area (TPSA) is 70.7 Å². The molecule has 7 heteroatoms. The molecule has 0 spiro atoms. The monoisotopic (exact) mass is 341 g/mol. The number of ether oxygens (including phenoxy) is 1. The van der Waals surface area contributed by atoms with Crippen LogP contribution in [0, 0.1) is 0 Å². The number of hydrogen-bond acceptors (Lipinski definition) is 4. The summed E-state index contributed by atoms with van der Waals surface area (Å²) in [5.41, 5.74) is 1.20. The Hall–Kier alpha value is -1.63. The van der Waals surface area contributed by atoms with Crippen molar-refractivity contribution < 1.29 is 14.3 Å². The average molecular weight is 342 g/mol. The maximum absolute atomic E-state index is 12.3. The van der Waals surface area contributed by atoms with E-state index < -0.39 is 0 Å². The summed E-state index contributed by atoms with van der Waals surface area (Å²) in [5, 5.41) is 5.93. The highest BCUT2D eigenvalue weighted by Crippen LogP contribution is 2.13. The second-order valence-corrected chi connectivity index (χ2v) is 5.13. The highest BCUT2D eigenvalue weighted by molar-refractivity contribution is 5.98. The van der Waals surface area contributed by atoms with E-state index in [1.807, 2.05) is 13.8 Å². The summed E-state index contributed by atoms with van der Waals surface area (Å²) in [7, 11) is 0. The molecule has 0 aromatic heterocycles. The molecule has 0 saturated carbocycles. The molecule has 0 radical (unpaired) electrons. The Bertz CT molecular complexity index is 529. The van der Waals surface area contributed by atoms with E-state index in [1.165, 1.54) is 0 Å². The molecule has 0 aliphatic carbocycles. The molecule has 1 unspecified atom stereocenters. The molecule has 1 atom stereocenters. The lowest BCUT2D eigenvalue weighted by molar-refractivity contribution is -0.120. The zero-order chi connectivity index (χ0) is 15.9. The number of rotatable bonds is 5. The summed E-state index contributed by atoms with van der Waals surface area (Å²) in [5.74, 6) is -0.174. The van der Waals surface area contributed by atoms with E-state index in [-0.39, 0.29) is 30.3 Å². The molecule has 1 aliphatic heterocycles. The van der Waals surface area contributed by atoms with E-state index in [4.69, 9.17) is 4.74 Å². The van der Waals surface area contributed by atoms with Crippen molar-refractivity contribution in [1.29, 1.82) is 0 Å². The smallest absolute Gasteiger partial charge is 0.253 e. The molecular formula is C16H24ClN3O3. The highest BCUT2D eigenvalue weighted by atomic mass is 35.5. The molecule has 2 amide bonds. The van der Waals surface area contributed by atoms with E-state index in [1.54, 1.807) is 29.2 Å². The molecule has 1 aromatic carbocycles. The highest BCUT2D eigenvalue weighted by Gasteiger charge is 2.21. The molecule has 23 heavy (non-hydrogen) atoms. The first kappa shape index (κ1) is 19.4. The molecule has 0 bridgehead atoms. The summed E-state index contributed by atoms with van der Waals surface area (Å²) < 4.78 is 5.28. The van der Waals surface area contributed by atoms with Crippen molar-refractivity contribution in [2.75, 3.05) is 38.2 Å². The third-order valence-electron chi connectivity index (χ3n) is 3.67. The van der Waals surface area contributed by atoms with Crippen molar-refractivity contribution in [3.05, 3.63) is 29.8 Å². The lowest BCUT2D eigenvalue weighted by Crippen LogP contribution is -2.48. The van der Waals surface area contributed by atoms with Gasteiger partial charge in [-0.3, -0.25) is 9.59 Å². The molecule has 1 heterocycles. The standard InChI is InChI=1S/C16H23N3O3.ClH/c1-3-19(4-2)16(21)12-6-5-7-13(10-12)18-15(20)14-11-22-9-8-17-14;/h5-7,10,14,17H,3-4,8-9,11H2,1-2H3,(H,18,20);1H. The number of carbonyl (C=O) groups excluding carboxylic acids is 2. The van der Waals surface area contributed by atoms with Crippen molar-refractivity contribution in [2.24, 2.45) is 0 Å². The molecule has 1 aromatic rings. The van der Waals surface area contributed by atoms with Crippen LogP contribution in [0.15, 0.2) is 24.3 Å². The Morgan fingerprint density at radius 2 is 2.09 bits per heavy atom. The van der Waals surface area contributed by atoms with Crippen LogP contribution in [-0.4, -0.2) is 55.6 Å². The van der Waals surface area contributed by atoms with Crippen LogP contribution in [0.25, 0.3) is 0 Å². The van der Waals surface area contributed by atoms with Gasteiger partial charge in [0.25, 0.3) is 5.91 Å². The Morgan fingerprint density at radius 1 is 1.35 bits per heavy atom. The van der Waals surface area contributed by atoms with E-state index >= 15 is 0 Å². The summed E-state index contributed by atoms with van der Waals surface area (Å²) in [6.45, 7) is 6.87. The fourth-order valence-corrected chi connectivity index (χ4v) is 2.39. The number of carbonyl (C=O) groups is 2. The minimum absolute atomic E-state index is 0. The second-order valence-electron chi connectivity index (χ2n) is 5.13. The van der Waals surface area contributed by atoms with Crippen LogP contribution < -0.4 is 10.6 Å². The Balaban J connectivity index is 0.00000264. The van der Waals surface area contributed by atoms with Gasteiger partial charge in [0.2, 0.25) is 5.91 Å². The molecule has 6 nitrogen and oxygen atoms in total. The number of nitrogens with one attached hydrogen (secondary N) is 2. The predicted octanol–water partition coefficient (Wildman–Crippen LogP) is 1.52. The number of hydrogen-bond donors (Lipinski definition) is 2. The van der Waals surface area contributed by atoms with Gasteiger partial charge in [-0.25, -0.2) is 0 Å².